The number of anilines is 1. The Balaban J connectivity index is 2.13. The summed E-state index contributed by atoms with van der Waals surface area (Å²) in [6, 6.07) is 0. The Hall–Kier alpha value is -1.73. The number of rotatable bonds is 3. The summed E-state index contributed by atoms with van der Waals surface area (Å²) in [5.41, 5.74) is 0.289. The molecule has 1 amide bonds. The van der Waals surface area contributed by atoms with E-state index in [2.05, 4.69) is 15.3 Å². The normalized spacial score (nSPS) is 23.2. The van der Waals surface area contributed by atoms with Gasteiger partial charge in [-0.05, 0) is 6.92 Å². The summed E-state index contributed by atoms with van der Waals surface area (Å²) in [5.74, 6) is 0.351. The fraction of sp³-hybridized carbons (Fsp3) is 0.583. The van der Waals surface area contributed by atoms with Crippen molar-refractivity contribution >= 4 is 11.7 Å². The van der Waals surface area contributed by atoms with Gasteiger partial charge in [-0.3, -0.25) is 9.78 Å². The van der Waals surface area contributed by atoms with Crippen molar-refractivity contribution in [1.29, 1.82) is 0 Å². The van der Waals surface area contributed by atoms with Crippen LogP contribution in [0.5, 0.6) is 0 Å². The van der Waals surface area contributed by atoms with E-state index in [-0.39, 0.29) is 30.4 Å². The monoisotopic (exact) mass is 266 g/mol. The van der Waals surface area contributed by atoms with E-state index in [0.717, 1.165) is 0 Å². The molecular weight excluding hydrogens is 248 g/mol. The number of nitrogens with zero attached hydrogens (tertiary/aromatic N) is 3. The van der Waals surface area contributed by atoms with Crippen LogP contribution in [0.15, 0.2) is 12.4 Å². The number of amides is 1. The molecule has 0 spiro atoms. The molecule has 2 N–H and O–H groups in total. The minimum atomic E-state index is -0.340. The quantitative estimate of drug-likeness (QED) is 0.783. The van der Waals surface area contributed by atoms with Gasteiger partial charge < -0.3 is 20.1 Å². The minimum absolute atomic E-state index is 0.101. The van der Waals surface area contributed by atoms with Crippen molar-refractivity contribution in [1.82, 2.24) is 14.9 Å². The van der Waals surface area contributed by atoms with Gasteiger partial charge in [0.15, 0.2) is 0 Å². The summed E-state index contributed by atoms with van der Waals surface area (Å²) < 4.78 is 5.50. The van der Waals surface area contributed by atoms with E-state index in [9.17, 15) is 4.79 Å². The lowest BCUT2D eigenvalue weighted by molar-refractivity contribution is -0.0859. The third-order valence-electron chi connectivity index (χ3n) is 2.93. The molecule has 0 radical (unpaired) electrons. The van der Waals surface area contributed by atoms with Gasteiger partial charge in [0, 0.05) is 20.1 Å². The van der Waals surface area contributed by atoms with E-state index in [4.69, 9.17) is 9.84 Å². The molecule has 0 saturated carbocycles. The number of nitrogens with one attached hydrogen (secondary N) is 1. The summed E-state index contributed by atoms with van der Waals surface area (Å²) in [5, 5.41) is 12.0. The lowest BCUT2D eigenvalue weighted by Crippen LogP contribution is -2.50. The van der Waals surface area contributed by atoms with Crippen molar-refractivity contribution in [3.63, 3.8) is 0 Å². The fourth-order valence-electron chi connectivity index (χ4n) is 2.06. The van der Waals surface area contributed by atoms with Crippen molar-refractivity contribution in [3.05, 3.63) is 18.1 Å². The van der Waals surface area contributed by atoms with Crippen molar-refractivity contribution in [2.75, 3.05) is 32.1 Å². The Morgan fingerprint density at radius 2 is 2.37 bits per heavy atom. The smallest absolute Gasteiger partial charge is 0.274 e. The lowest BCUT2D eigenvalue weighted by atomic mass is 10.2. The average Bonchev–Trinajstić information content (AvgIpc) is 2.45. The van der Waals surface area contributed by atoms with Crippen molar-refractivity contribution in [3.8, 4) is 0 Å². The van der Waals surface area contributed by atoms with Crippen LogP contribution in [-0.4, -0.2) is 64.8 Å². The molecule has 2 atom stereocenters. The van der Waals surface area contributed by atoms with E-state index < -0.39 is 0 Å². The number of hydrogen-bond acceptors (Lipinski definition) is 6. The Morgan fingerprint density at radius 3 is 3.05 bits per heavy atom. The van der Waals surface area contributed by atoms with Crippen LogP contribution in [0.2, 0.25) is 0 Å². The zero-order chi connectivity index (χ0) is 13.8. The highest BCUT2D eigenvalue weighted by molar-refractivity contribution is 5.92. The molecule has 1 aromatic heterocycles. The van der Waals surface area contributed by atoms with Crippen molar-refractivity contribution in [2.45, 2.75) is 19.1 Å². The summed E-state index contributed by atoms with van der Waals surface area (Å²) >= 11 is 0. The Labute approximate surface area is 111 Å². The van der Waals surface area contributed by atoms with Gasteiger partial charge >= 0.3 is 0 Å². The maximum Gasteiger partial charge on any atom is 0.274 e. The number of morpholine rings is 1. The molecule has 104 valence electrons. The second-order valence-electron chi connectivity index (χ2n) is 4.50. The molecule has 1 saturated heterocycles. The molecule has 2 heterocycles. The first kappa shape index (κ1) is 13.7. The number of hydrogen-bond donors (Lipinski definition) is 2. The van der Waals surface area contributed by atoms with E-state index in [1.54, 1.807) is 18.1 Å². The summed E-state index contributed by atoms with van der Waals surface area (Å²) in [4.78, 5) is 22.1. The fourth-order valence-corrected chi connectivity index (χ4v) is 2.06. The van der Waals surface area contributed by atoms with Crippen LogP contribution in [0.4, 0.5) is 5.82 Å². The topological polar surface area (TPSA) is 87.6 Å². The molecule has 0 aliphatic carbocycles. The highest BCUT2D eigenvalue weighted by atomic mass is 16.5. The molecule has 2 rings (SSSR count). The maximum absolute atomic E-state index is 12.3. The number of carbonyl (C=O) groups excluding carboxylic acids is 1. The second-order valence-corrected chi connectivity index (χ2v) is 4.50. The lowest BCUT2D eigenvalue weighted by Gasteiger charge is -2.35. The molecule has 0 aromatic carbocycles. The van der Waals surface area contributed by atoms with E-state index in [0.29, 0.717) is 18.9 Å². The first-order chi connectivity index (χ1) is 9.13. The van der Waals surface area contributed by atoms with Gasteiger partial charge in [0.05, 0.1) is 31.2 Å². The zero-order valence-corrected chi connectivity index (χ0v) is 11.0. The van der Waals surface area contributed by atoms with Gasteiger partial charge in [-0.15, -0.1) is 0 Å². The minimum Gasteiger partial charge on any atom is -0.394 e. The highest BCUT2D eigenvalue weighted by Crippen LogP contribution is 2.14. The van der Waals surface area contributed by atoms with Gasteiger partial charge in [0.2, 0.25) is 0 Å². The third kappa shape index (κ3) is 3.18. The van der Waals surface area contributed by atoms with Crippen LogP contribution in [0.1, 0.15) is 17.4 Å². The van der Waals surface area contributed by atoms with Gasteiger partial charge in [-0.2, -0.15) is 0 Å². The Kier molecular flexibility index (Phi) is 4.28. The number of aliphatic hydroxyl groups excluding tert-OH is 1. The van der Waals surface area contributed by atoms with Crippen LogP contribution < -0.4 is 5.32 Å². The number of aromatic nitrogens is 2. The predicted molar refractivity (Wildman–Crippen MR) is 68.9 cm³/mol. The average molecular weight is 266 g/mol. The van der Waals surface area contributed by atoms with Crippen molar-refractivity contribution in [2.24, 2.45) is 0 Å². The number of carbonyl (C=O) groups is 1. The zero-order valence-electron chi connectivity index (χ0n) is 11.0. The van der Waals surface area contributed by atoms with E-state index >= 15 is 0 Å². The standard InChI is InChI=1S/C12H18N4O3/c1-8-5-16(6-9(7-17)19-8)12(18)10-3-14-4-11(13-2)15-10/h3-4,8-9,17H,5-7H2,1-2H3,(H,13,15). The second kappa shape index (κ2) is 5.94. The Morgan fingerprint density at radius 1 is 1.58 bits per heavy atom. The largest absolute Gasteiger partial charge is 0.394 e. The molecule has 7 heteroatoms. The van der Waals surface area contributed by atoms with Crippen molar-refractivity contribution < 1.29 is 14.6 Å². The SMILES string of the molecule is CNc1cncc(C(=O)N2CC(C)OC(CO)C2)n1. The maximum atomic E-state index is 12.3. The van der Waals surface area contributed by atoms with Crippen LogP contribution in [0.3, 0.4) is 0 Å². The van der Waals surface area contributed by atoms with Crippen LogP contribution in [0, 0.1) is 0 Å². The summed E-state index contributed by atoms with van der Waals surface area (Å²) in [7, 11) is 1.72. The third-order valence-corrected chi connectivity index (χ3v) is 2.93. The van der Waals surface area contributed by atoms with Gasteiger partial charge in [-0.1, -0.05) is 0 Å². The van der Waals surface area contributed by atoms with Crippen LogP contribution in [0.25, 0.3) is 0 Å². The first-order valence-electron chi connectivity index (χ1n) is 6.19. The molecular formula is C12H18N4O3. The first-order valence-corrected chi connectivity index (χ1v) is 6.19. The van der Waals surface area contributed by atoms with Gasteiger partial charge in [0.25, 0.3) is 5.91 Å². The predicted octanol–water partition coefficient (Wildman–Crippen LogP) is -0.260. The van der Waals surface area contributed by atoms with Gasteiger partial charge in [-0.25, -0.2) is 4.98 Å². The molecule has 7 nitrogen and oxygen atoms in total. The molecule has 1 aliphatic rings. The Bertz CT molecular complexity index is 454. The molecule has 1 fully saturated rings. The number of ether oxygens (including phenoxy) is 1. The van der Waals surface area contributed by atoms with Crippen LogP contribution >= 0.6 is 0 Å². The van der Waals surface area contributed by atoms with E-state index in [1.807, 2.05) is 6.92 Å². The molecule has 2 unspecified atom stereocenters. The van der Waals surface area contributed by atoms with E-state index in [1.165, 1.54) is 6.20 Å². The molecule has 1 aliphatic heterocycles. The highest BCUT2D eigenvalue weighted by Gasteiger charge is 2.29. The summed E-state index contributed by atoms with van der Waals surface area (Å²) in [6.45, 7) is 2.63. The van der Waals surface area contributed by atoms with Crippen LogP contribution in [-0.2, 0) is 4.74 Å². The van der Waals surface area contributed by atoms with Gasteiger partial charge in [0.1, 0.15) is 11.5 Å². The molecule has 0 bridgehead atoms. The number of aliphatic hydroxyl groups is 1. The molecule has 1 aromatic rings. The summed E-state index contributed by atoms with van der Waals surface area (Å²) in [6.07, 6.45) is 2.55. The molecule has 19 heavy (non-hydrogen) atoms.